The van der Waals surface area contributed by atoms with E-state index >= 15 is 0 Å². The third-order valence-corrected chi connectivity index (χ3v) is 6.36. The Morgan fingerprint density at radius 1 is 1.09 bits per heavy atom. The van der Waals surface area contributed by atoms with Crippen LogP contribution >= 0.6 is 0 Å². The van der Waals surface area contributed by atoms with Gasteiger partial charge in [-0.1, -0.05) is 18.2 Å². The third-order valence-electron chi connectivity index (χ3n) is 6.36. The number of alkyl halides is 3. The van der Waals surface area contributed by atoms with Crippen molar-refractivity contribution in [1.29, 1.82) is 5.26 Å². The molecule has 0 saturated heterocycles. The van der Waals surface area contributed by atoms with Crippen molar-refractivity contribution in [3.05, 3.63) is 53.1 Å². The van der Waals surface area contributed by atoms with Crippen LogP contribution in [0.15, 0.2) is 36.4 Å². The quantitative estimate of drug-likeness (QED) is 0.157. The smallest absolute Gasteiger partial charge is 0.422 e. The summed E-state index contributed by atoms with van der Waals surface area (Å²) in [5.41, 5.74) is 3.89. The molecule has 0 radical (unpaired) electrons. The minimum Gasteiger partial charge on any atom is -0.488 e. The molecule has 0 aromatic heterocycles. The number of aliphatic hydroxyl groups is 3. The van der Waals surface area contributed by atoms with Crippen molar-refractivity contribution in [2.75, 3.05) is 44.4 Å². The minimum absolute atomic E-state index is 0.0584. The molecule has 0 fully saturated rings. The lowest BCUT2D eigenvalue weighted by Gasteiger charge is -2.21. The summed E-state index contributed by atoms with van der Waals surface area (Å²) in [6, 6.07) is 12.8. The number of carboxylic acid groups (broad SMARTS) is 2. The normalized spacial score (nSPS) is 14.4. The van der Waals surface area contributed by atoms with E-state index in [4.69, 9.17) is 35.0 Å². The molecule has 1 aliphatic heterocycles. The first-order valence-electron chi connectivity index (χ1n) is 13.7. The van der Waals surface area contributed by atoms with Gasteiger partial charge in [-0.15, -0.1) is 0 Å². The van der Waals surface area contributed by atoms with E-state index < -0.39 is 36.9 Å². The molecule has 44 heavy (non-hydrogen) atoms. The fourth-order valence-electron chi connectivity index (χ4n) is 4.39. The molecular weight excluding hydrogens is 591 g/mol. The Hall–Kier alpha value is -4.10. The zero-order chi connectivity index (χ0) is 32.9. The molecule has 2 aromatic rings. The molecule has 2 unspecified atom stereocenters. The number of nitriles is 1. The van der Waals surface area contributed by atoms with E-state index in [1.54, 1.807) is 18.2 Å². The zero-order valence-corrected chi connectivity index (χ0v) is 24.0. The summed E-state index contributed by atoms with van der Waals surface area (Å²) in [6.07, 6.45) is -6.66. The molecule has 6 N–H and O–H groups in total. The van der Waals surface area contributed by atoms with Crippen LogP contribution in [0.2, 0.25) is 0 Å². The molecule has 3 atom stereocenters. The molecule has 1 aliphatic rings. The first kappa shape index (κ1) is 36.1. The van der Waals surface area contributed by atoms with Crippen LogP contribution in [0.3, 0.4) is 0 Å². The average molecular weight is 628 g/mol. The number of nitrogens with zero attached hydrogens (tertiary/aromatic N) is 2. The Morgan fingerprint density at radius 3 is 2.25 bits per heavy atom. The molecule has 2 aromatic carbocycles. The largest absolute Gasteiger partial charge is 0.488 e. The summed E-state index contributed by atoms with van der Waals surface area (Å²) in [5.74, 6) is -3.21. The number of nitrogens with one attached hydrogen (secondary N) is 1. The highest BCUT2D eigenvalue weighted by molar-refractivity contribution is 5.83. The van der Waals surface area contributed by atoms with Gasteiger partial charge in [0.2, 0.25) is 0 Å². The number of aliphatic hydroxyl groups excluding tert-OH is 3. The summed E-state index contributed by atoms with van der Waals surface area (Å²) < 4.78 is 47.8. The summed E-state index contributed by atoms with van der Waals surface area (Å²) in [4.78, 5) is 21.7. The Kier molecular flexibility index (Phi) is 14.2. The highest BCUT2D eigenvalue weighted by Gasteiger charge is 2.30. The fourth-order valence-corrected chi connectivity index (χ4v) is 4.39. The molecule has 12 nitrogen and oxygen atoms in total. The van der Waals surface area contributed by atoms with Gasteiger partial charge in [-0.2, -0.15) is 18.4 Å². The monoisotopic (exact) mass is 627 g/mol. The van der Waals surface area contributed by atoms with Crippen LogP contribution in [0.5, 0.6) is 11.5 Å². The van der Waals surface area contributed by atoms with Crippen LogP contribution < -0.4 is 19.7 Å². The number of para-hydroxylation sites is 2. The molecule has 242 valence electrons. The zero-order valence-electron chi connectivity index (χ0n) is 24.0. The van der Waals surface area contributed by atoms with E-state index in [0.717, 1.165) is 42.7 Å². The number of hydrogen-bond acceptors (Lipinski definition) is 10. The minimum atomic E-state index is -4.41. The number of benzene rings is 2. The molecule has 0 bridgehead atoms. The summed E-state index contributed by atoms with van der Waals surface area (Å²) in [5, 5.41) is 54.6. The van der Waals surface area contributed by atoms with Crippen molar-refractivity contribution < 1.29 is 57.8 Å². The van der Waals surface area contributed by atoms with E-state index in [2.05, 4.69) is 22.4 Å². The highest BCUT2D eigenvalue weighted by Crippen LogP contribution is 2.33. The number of carbonyl (C=O) groups is 2. The highest BCUT2D eigenvalue weighted by atomic mass is 19.4. The first-order chi connectivity index (χ1) is 20.8. The second-order valence-corrected chi connectivity index (χ2v) is 9.90. The molecule has 15 heteroatoms. The van der Waals surface area contributed by atoms with E-state index in [-0.39, 0.29) is 30.8 Å². The molecular formula is C29H36F3N3O9. The molecule has 0 saturated carbocycles. The van der Waals surface area contributed by atoms with E-state index in [0.29, 0.717) is 18.5 Å². The van der Waals surface area contributed by atoms with Crippen molar-refractivity contribution in [3.63, 3.8) is 0 Å². The fraction of sp³-hybridized carbons (Fsp3) is 0.483. The number of hydrogen-bond donors (Lipinski definition) is 6. The lowest BCUT2D eigenvalue weighted by atomic mass is 9.99. The van der Waals surface area contributed by atoms with Crippen molar-refractivity contribution >= 4 is 17.6 Å². The van der Waals surface area contributed by atoms with Gasteiger partial charge in [0.05, 0.1) is 11.3 Å². The van der Waals surface area contributed by atoms with Crippen molar-refractivity contribution in [2.24, 2.45) is 0 Å². The number of carboxylic acids is 2. The SMILES string of the molecule is C[C@H](Cc1cc(C#N)c2c(c1)CCN2CCCO)NCCOc1ccccc1OCC(F)(F)F.O=C(O)C(O)C(O)C(=O)O. The Bertz CT molecular complexity index is 1270. The maximum Gasteiger partial charge on any atom is 0.422 e. The summed E-state index contributed by atoms with van der Waals surface area (Å²) in [7, 11) is 0. The Balaban J connectivity index is 0.000000580. The van der Waals surface area contributed by atoms with Gasteiger partial charge in [-0.25, -0.2) is 9.59 Å². The maximum absolute atomic E-state index is 12.4. The van der Waals surface area contributed by atoms with Gasteiger partial charge < -0.3 is 45.2 Å². The third kappa shape index (κ3) is 11.5. The van der Waals surface area contributed by atoms with Crippen LogP contribution in [-0.4, -0.2) is 101 Å². The second-order valence-electron chi connectivity index (χ2n) is 9.90. The maximum atomic E-state index is 12.4. The van der Waals surface area contributed by atoms with E-state index in [1.165, 1.54) is 6.07 Å². The van der Waals surface area contributed by atoms with Gasteiger partial charge in [-0.05, 0) is 55.5 Å². The topological polar surface area (TPSA) is 193 Å². The van der Waals surface area contributed by atoms with Crippen LogP contribution in [0, 0.1) is 11.3 Å². The van der Waals surface area contributed by atoms with Crippen molar-refractivity contribution in [1.82, 2.24) is 5.32 Å². The molecule has 1 heterocycles. The van der Waals surface area contributed by atoms with Gasteiger partial charge in [0, 0.05) is 32.3 Å². The number of anilines is 1. The number of rotatable bonds is 15. The first-order valence-corrected chi connectivity index (χ1v) is 13.7. The van der Waals surface area contributed by atoms with Gasteiger partial charge >= 0.3 is 18.1 Å². The second kappa shape index (κ2) is 17.3. The molecule has 0 amide bonds. The van der Waals surface area contributed by atoms with Gasteiger partial charge in [-0.3, -0.25) is 0 Å². The van der Waals surface area contributed by atoms with E-state index in [1.807, 2.05) is 13.0 Å². The van der Waals surface area contributed by atoms with Crippen molar-refractivity contribution in [3.8, 4) is 17.6 Å². The average Bonchev–Trinajstić information content (AvgIpc) is 3.39. The molecule has 0 spiro atoms. The predicted octanol–water partition coefficient (Wildman–Crippen LogP) is 1.72. The van der Waals surface area contributed by atoms with Crippen LogP contribution in [0.4, 0.5) is 18.9 Å². The van der Waals surface area contributed by atoms with E-state index in [9.17, 15) is 28.0 Å². The summed E-state index contributed by atoms with van der Waals surface area (Å²) in [6.45, 7) is 3.15. The molecule has 3 rings (SSSR count). The number of fused-ring (bicyclic) bond motifs is 1. The number of aliphatic carboxylic acids is 2. The van der Waals surface area contributed by atoms with Crippen LogP contribution in [0.25, 0.3) is 0 Å². The van der Waals surface area contributed by atoms with Gasteiger partial charge in [0.25, 0.3) is 0 Å². The number of halogens is 3. The predicted molar refractivity (Wildman–Crippen MR) is 151 cm³/mol. The standard InChI is InChI=1S/C25H30F3N3O3.C4H6O6/c1-18(30-8-12-33-22-5-2-3-6-23(22)34-17-25(26,27)28)13-19-14-20-7-10-31(9-4-11-32)24(20)21(15-19)16-29;5-1(3(7)8)2(6)4(9)10/h2-3,5-6,14-15,18,30,32H,4,7-13,17H2,1H3;1-2,5-6H,(H,7,8)(H,9,10)/t18-;/m1./s1. The van der Waals surface area contributed by atoms with Crippen LogP contribution in [-0.2, 0) is 22.4 Å². The van der Waals surface area contributed by atoms with Crippen LogP contribution in [0.1, 0.15) is 30.0 Å². The Morgan fingerprint density at radius 2 is 1.70 bits per heavy atom. The molecule has 0 aliphatic carbocycles. The van der Waals surface area contributed by atoms with Gasteiger partial charge in [0.15, 0.2) is 30.3 Å². The lowest BCUT2D eigenvalue weighted by molar-refractivity contribution is -0.165. The lowest BCUT2D eigenvalue weighted by Crippen LogP contribution is -2.39. The van der Waals surface area contributed by atoms with Gasteiger partial charge in [0.1, 0.15) is 12.7 Å². The Labute approximate surface area is 251 Å². The summed E-state index contributed by atoms with van der Waals surface area (Å²) >= 11 is 0. The van der Waals surface area contributed by atoms with Crippen molar-refractivity contribution in [2.45, 2.75) is 50.6 Å². The number of ether oxygens (including phenoxy) is 2.